The number of nitrogens with one attached hydrogen (secondary N) is 2. The molecule has 0 fully saturated rings. The monoisotopic (exact) mass is 333 g/mol. The molecule has 3 aromatic heterocycles. The van der Waals surface area contributed by atoms with Crippen molar-refractivity contribution in [2.45, 2.75) is 6.92 Å². The van der Waals surface area contributed by atoms with Crippen molar-refractivity contribution in [1.29, 1.82) is 0 Å². The van der Waals surface area contributed by atoms with Gasteiger partial charge in [0.15, 0.2) is 11.5 Å². The van der Waals surface area contributed by atoms with Gasteiger partial charge in [-0.3, -0.25) is 4.79 Å². The summed E-state index contributed by atoms with van der Waals surface area (Å²) in [4.78, 5) is 19.1. The number of hydrogen-bond acceptors (Lipinski definition) is 4. The van der Waals surface area contributed by atoms with Gasteiger partial charge >= 0.3 is 0 Å². The number of rotatable bonds is 4. The second kappa shape index (κ2) is 6.16. The first-order chi connectivity index (χ1) is 12.2. The van der Waals surface area contributed by atoms with Crippen LogP contribution >= 0.6 is 0 Å². The summed E-state index contributed by atoms with van der Waals surface area (Å²) in [5, 5.41) is 2.75. The van der Waals surface area contributed by atoms with Crippen molar-refractivity contribution < 1.29 is 13.6 Å². The summed E-state index contributed by atoms with van der Waals surface area (Å²) in [6, 6.07) is 14.8. The number of amides is 1. The Labute approximate surface area is 143 Å². The van der Waals surface area contributed by atoms with Crippen molar-refractivity contribution in [3.05, 3.63) is 61.1 Å². The van der Waals surface area contributed by atoms with Gasteiger partial charge in [0.25, 0.3) is 0 Å². The van der Waals surface area contributed by atoms with Crippen molar-refractivity contribution in [3.8, 4) is 34.3 Å². The number of aromatic nitrogens is 2. The molecule has 0 saturated carbocycles. The number of hydrogen-bond donors (Lipinski definition) is 2. The molecule has 0 aliphatic rings. The van der Waals surface area contributed by atoms with E-state index < -0.39 is 0 Å². The number of H-pyrrole nitrogens is 1. The van der Waals surface area contributed by atoms with Gasteiger partial charge in [0.1, 0.15) is 17.2 Å². The maximum absolute atomic E-state index is 11.1. The van der Waals surface area contributed by atoms with E-state index >= 15 is 0 Å². The molecule has 0 atom stereocenters. The zero-order valence-electron chi connectivity index (χ0n) is 13.4. The van der Waals surface area contributed by atoms with Gasteiger partial charge in [-0.15, -0.1) is 0 Å². The van der Waals surface area contributed by atoms with Gasteiger partial charge in [-0.25, -0.2) is 4.98 Å². The lowest BCUT2D eigenvalue weighted by Gasteiger charge is -2.02. The average molecular weight is 333 g/mol. The van der Waals surface area contributed by atoms with Gasteiger partial charge in [-0.1, -0.05) is 0 Å². The third-order valence-electron chi connectivity index (χ3n) is 3.70. The normalized spacial score (nSPS) is 10.8. The van der Waals surface area contributed by atoms with Crippen LogP contribution < -0.4 is 5.32 Å². The van der Waals surface area contributed by atoms with E-state index in [0.717, 1.165) is 16.9 Å². The number of furan rings is 2. The van der Waals surface area contributed by atoms with Gasteiger partial charge in [0.2, 0.25) is 5.91 Å². The molecule has 6 heteroatoms. The molecule has 2 N–H and O–H groups in total. The molecule has 0 radical (unpaired) electrons. The molecule has 0 bridgehead atoms. The highest BCUT2D eigenvalue weighted by molar-refractivity contribution is 5.89. The Balaban J connectivity index is 1.76. The summed E-state index contributed by atoms with van der Waals surface area (Å²) in [5.41, 5.74) is 3.06. The molecule has 1 aromatic carbocycles. The minimum Gasteiger partial charge on any atom is -0.463 e. The molecule has 0 saturated heterocycles. The van der Waals surface area contributed by atoms with E-state index in [1.54, 1.807) is 12.5 Å². The average Bonchev–Trinajstić information content (AvgIpc) is 3.34. The van der Waals surface area contributed by atoms with Crippen LogP contribution in [0.3, 0.4) is 0 Å². The zero-order valence-corrected chi connectivity index (χ0v) is 13.4. The Morgan fingerprint density at radius 2 is 1.68 bits per heavy atom. The molecular weight excluding hydrogens is 318 g/mol. The maximum atomic E-state index is 11.1. The van der Waals surface area contributed by atoms with Gasteiger partial charge in [0, 0.05) is 18.2 Å². The summed E-state index contributed by atoms with van der Waals surface area (Å²) in [7, 11) is 0. The smallest absolute Gasteiger partial charge is 0.221 e. The molecule has 1 amide bonds. The highest BCUT2D eigenvalue weighted by atomic mass is 16.3. The molecule has 0 aliphatic heterocycles. The Kier molecular flexibility index (Phi) is 3.70. The Morgan fingerprint density at radius 3 is 2.28 bits per heavy atom. The van der Waals surface area contributed by atoms with Crippen LogP contribution in [0.4, 0.5) is 5.69 Å². The largest absolute Gasteiger partial charge is 0.463 e. The fourth-order valence-electron chi connectivity index (χ4n) is 2.62. The minimum atomic E-state index is -0.106. The van der Waals surface area contributed by atoms with E-state index in [4.69, 9.17) is 8.83 Å². The summed E-state index contributed by atoms with van der Waals surface area (Å²) in [5.74, 6) is 1.92. The van der Waals surface area contributed by atoms with Crippen LogP contribution in [-0.4, -0.2) is 15.9 Å². The minimum absolute atomic E-state index is 0.106. The maximum Gasteiger partial charge on any atom is 0.221 e. The Hall–Kier alpha value is -3.54. The summed E-state index contributed by atoms with van der Waals surface area (Å²) in [6.07, 6.45) is 3.22. The Morgan fingerprint density at radius 1 is 1.00 bits per heavy atom. The first-order valence-electron chi connectivity index (χ1n) is 7.76. The fraction of sp³-hybridized carbons (Fsp3) is 0.0526. The second-order valence-corrected chi connectivity index (χ2v) is 5.52. The lowest BCUT2D eigenvalue weighted by Crippen LogP contribution is -2.05. The topological polar surface area (TPSA) is 84.1 Å². The standard InChI is InChI=1S/C19H15N3O3/c1-12(23)20-14-8-6-13(7-9-14)19-21-17(15-4-2-10-24-15)18(22-19)16-5-3-11-25-16/h2-11H,1H3,(H,20,23)(H,21,22). The van der Waals surface area contributed by atoms with Gasteiger partial charge in [-0.05, 0) is 48.5 Å². The molecule has 0 spiro atoms. The lowest BCUT2D eigenvalue weighted by molar-refractivity contribution is -0.114. The number of imidazole rings is 1. The van der Waals surface area contributed by atoms with E-state index in [9.17, 15) is 4.79 Å². The first-order valence-corrected chi connectivity index (χ1v) is 7.76. The van der Waals surface area contributed by atoms with E-state index in [1.165, 1.54) is 6.92 Å². The van der Waals surface area contributed by atoms with Crippen molar-refractivity contribution in [2.24, 2.45) is 0 Å². The number of aromatic amines is 1. The predicted octanol–water partition coefficient (Wildman–Crippen LogP) is 4.56. The molecular formula is C19H15N3O3. The van der Waals surface area contributed by atoms with E-state index in [-0.39, 0.29) is 5.91 Å². The van der Waals surface area contributed by atoms with Crippen LogP contribution in [0.25, 0.3) is 34.3 Å². The van der Waals surface area contributed by atoms with Crippen molar-refractivity contribution in [2.75, 3.05) is 5.32 Å². The number of carbonyl (C=O) groups excluding carboxylic acids is 1. The summed E-state index contributed by atoms with van der Waals surface area (Å²) >= 11 is 0. The predicted molar refractivity (Wildman–Crippen MR) is 93.7 cm³/mol. The molecule has 6 nitrogen and oxygen atoms in total. The van der Waals surface area contributed by atoms with Crippen molar-refractivity contribution in [3.63, 3.8) is 0 Å². The number of benzene rings is 1. The molecule has 4 rings (SSSR count). The highest BCUT2D eigenvalue weighted by Gasteiger charge is 2.18. The Bertz CT molecular complexity index is 930. The van der Waals surface area contributed by atoms with Crippen LogP contribution in [0.15, 0.2) is 69.9 Å². The van der Waals surface area contributed by atoms with Crippen LogP contribution in [-0.2, 0) is 4.79 Å². The second-order valence-electron chi connectivity index (χ2n) is 5.52. The number of carbonyl (C=O) groups is 1. The fourth-order valence-corrected chi connectivity index (χ4v) is 2.62. The van der Waals surface area contributed by atoms with E-state index in [2.05, 4.69) is 15.3 Å². The molecule has 0 unspecified atom stereocenters. The van der Waals surface area contributed by atoms with Crippen molar-refractivity contribution >= 4 is 11.6 Å². The van der Waals surface area contributed by atoms with E-state index in [1.807, 2.05) is 48.5 Å². The number of anilines is 1. The van der Waals surface area contributed by atoms with Gasteiger partial charge in [0.05, 0.1) is 12.5 Å². The third kappa shape index (κ3) is 2.97. The number of nitrogens with zero attached hydrogens (tertiary/aromatic N) is 1. The van der Waals surface area contributed by atoms with Crippen molar-refractivity contribution in [1.82, 2.24) is 9.97 Å². The van der Waals surface area contributed by atoms with Gasteiger partial charge < -0.3 is 19.1 Å². The van der Waals surface area contributed by atoms with Crippen LogP contribution in [0.1, 0.15) is 6.92 Å². The molecule has 25 heavy (non-hydrogen) atoms. The molecule has 4 aromatic rings. The van der Waals surface area contributed by atoms with E-state index in [0.29, 0.717) is 23.0 Å². The zero-order chi connectivity index (χ0) is 17.2. The molecule has 3 heterocycles. The lowest BCUT2D eigenvalue weighted by atomic mass is 10.2. The van der Waals surface area contributed by atoms with Crippen LogP contribution in [0, 0.1) is 0 Å². The third-order valence-corrected chi connectivity index (χ3v) is 3.70. The summed E-state index contributed by atoms with van der Waals surface area (Å²) in [6.45, 7) is 1.48. The highest BCUT2D eigenvalue weighted by Crippen LogP contribution is 2.33. The van der Waals surface area contributed by atoms with Crippen LogP contribution in [0.5, 0.6) is 0 Å². The first kappa shape index (κ1) is 15.0. The summed E-state index contributed by atoms with van der Waals surface area (Å²) < 4.78 is 11.0. The quantitative estimate of drug-likeness (QED) is 0.573. The molecule has 0 aliphatic carbocycles. The molecule has 124 valence electrons. The SMILES string of the molecule is CC(=O)Nc1ccc(-c2nc(-c3ccco3)c(-c3ccco3)[nH]2)cc1. The van der Waals surface area contributed by atoms with Gasteiger partial charge in [-0.2, -0.15) is 0 Å². The van der Waals surface area contributed by atoms with Crippen LogP contribution in [0.2, 0.25) is 0 Å².